The number of aromatic nitrogens is 2. The SMILES string of the molecule is O=c1c2cccc(O)c2ncn1Cc1ccc(F)cc1. The van der Waals surface area contributed by atoms with E-state index >= 15 is 0 Å². The molecular formula is C15H11FN2O2. The molecule has 0 aliphatic rings. The van der Waals surface area contributed by atoms with Gasteiger partial charge in [0.25, 0.3) is 5.56 Å². The molecule has 1 aromatic heterocycles. The van der Waals surface area contributed by atoms with E-state index < -0.39 is 0 Å². The van der Waals surface area contributed by atoms with Crippen LogP contribution in [0.3, 0.4) is 0 Å². The van der Waals surface area contributed by atoms with Crippen molar-refractivity contribution in [2.45, 2.75) is 6.54 Å². The first kappa shape index (κ1) is 12.3. The standard InChI is InChI=1S/C15H11FN2O2/c16-11-6-4-10(5-7-11)8-18-9-17-14-12(15(18)20)2-1-3-13(14)19/h1-7,9,19H,8H2. The molecule has 0 saturated carbocycles. The molecule has 2 aromatic carbocycles. The van der Waals surface area contributed by atoms with E-state index in [0.29, 0.717) is 11.9 Å². The Bertz CT molecular complexity index is 825. The lowest BCUT2D eigenvalue weighted by Crippen LogP contribution is -2.21. The van der Waals surface area contributed by atoms with E-state index in [4.69, 9.17) is 0 Å². The highest BCUT2D eigenvalue weighted by molar-refractivity contribution is 5.82. The first-order valence-corrected chi connectivity index (χ1v) is 6.07. The van der Waals surface area contributed by atoms with E-state index in [1.807, 2.05) is 0 Å². The normalized spacial score (nSPS) is 10.8. The molecular weight excluding hydrogens is 259 g/mol. The molecule has 20 heavy (non-hydrogen) atoms. The summed E-state index contributed by atoms with van der Waals surface area (Å²) < 4.78 is 14.3. The summed E-state index contributed by atoms with van der Waals surface area (Å²) in [7, 11) is 0. The molecule has 5 heteroatoms. The minimum Gasteiger partial charge on any atom is -0.506 e. The lowest BCUT2D eigenvalue weighted by molar-refractivity contribution is 0.480. The molecule has 0 radical (unpaired) electrons. The minimum absolute atomic E-state index is 0.0199. The number of hydrogen-bond acceptors (Lipinski definition) is 3. The third-order valence-electron chi connectivity index (χ3n) is 3.10. The summed E-state index contributed by atoms with van der Waals surface area (Å²) in [5, 5.41) is 10.0. The van der Waals surface area contributed by atoms with Crippen LogP contribution in [0.2, 0.25) is 0 Å². The lowest BCUT2D eigenvalue weighted by Gasteiger charge is -2.07. The van der Waals surface area contributed by atoms with Gasteiger partial charge in [-0.2, -0.15) is 0 Å². The average molecular weight is 270 g/mol. The molecule has 100 valence electrons. The number of nitrogens with zero attached hydrogens (tertiary/aromatic N) is 2. The molecule has 0 fully saturated rings. The van der Waals surface area contributed by atoms with E-state index in [-0.39, 0.29) is 22.6 Å². The maximum Gasteiger partial charge on any atom is 0.261 e. The molecule has 0 unspecified atom stereocenters. The van der Waals surface area contributed by atoms with Crippen LogP contribution in [0.15, 0.2) is 53.6 Å². The number of rotatable bonds is 2. The lowest BCUT2D eigenvalue weighted by atomic mass is 10.2. The molecule has 0 aliphatic heterocycles. The number of halogens is 1. The third kappa shape index (κ3) is 2.14. The van der Waals surface area contributed by atoms with Crippen molar-refractivity contribution in [3.8, 4) is 5.75 Å². The summed E-state index contributed by atoms with van der Waals surface area (Å²) >= 11 is 0. The van der Waals surface area contributed by atoms with Crippen molar-refractivity contribution < 1.29 is 9.50 Å². The van der Waals surface area contributed by atoms with Crippen molar-refractivity contribution in [1.82, 2.24) is 9.55 Å². The Balaban J connectivity index is 2.07. The van der Waals surface area contributed by atoms with E-state index in [9.17, 15) is 14.3 Å². The van der Waals surface area contributed by atoms with Gasteiger partial charge in [-0.05, 0) is 29.8 Å². The van der Waals surface area contributed by atoms with E-state index in [0.717, 1.165) is 5.56 Å². The number of phenols is 1. The van der Waals surface area contributed by atoms with Gasteiger partial charge in [0, 0.05) is 0 Å². The Morgan fingerprint density at radius 2 is 1.90 bits per heavy atom. The highest BCUT2D eigenvalue weighted by atomic mass is 19.1. The van der Waals surface area contributed by atoms with Crippen LogP contribution in [0.4, 0.5) is 4.39 Å². The quantitative estimate of drug-likeness (QED) is 0.777. The Morgan fingerprint density at radius 3 is 2.65 bits per heavy atom. The van der Waals surface area contributed by atoms with Gasteiger partial charge in [0.05, 0.1) is 18.3 Å². The van der Waals surface area contributed by atoms with Crippen LogP contribution < -0.4 is 5.56 Å². The third-order valence-corrected chi connectivity index (χ3v) is 3.10. The molecule has 1 heterocycles. The van der Waals surface area contributed by atoms with Gasteiger partial charge in [-0.15, -0.1) is 0 Å². The van der Waals surface area contributed by atoms with Crippen molar-refractivity contribution in [1.29, 1.82) is 0 Å². The van der Waals surface area contributed by atoms with Crippen LogP contribution in [0.1, 0.15) is 5.56 Å². The zero-order chi connectivity index (χ0) is 14.1. The van der Waals surface area contributed by atoms with Gasteiger partial charge in [0.2, 0.25) is 0 Å². The number of benzene rings is 2. The number of fused-ring (bicyclic) bond motifs is 1. The summed E-state index contributed by atoms with van der Waals surface area (Å²) in [5.74, 6) is -0.337. The Kier molecular flexibility index (Phi) is 2.95. The number of aromatic hydroxyl groups is 1. The van der Waals surface area contributed by atoms with Crippen molar-refractivity contribution in [2.75, 3.05) is 0 Å². The van der Waals surface area contributed by atoms with Gasteiger partial charge in [0.15, 0.2) is 0 Å². The average Bonchev–Trinajstić information content (AvgIpc) is 2.45. The molecule has 0 spiro atoms. The van der Waals surface area contributed by atoms with E-state index in [2.05, 4.69) is 4.98 Å². The largest absolute Gasteiger partial charge is 0.506 e. The summed E-state index contributed by atoms with van der Waals surface area (Å²) in [5.41, 5.74) is 0.845. The minimum atomic E-state index is -0.317. The summed E-state index contributed by atoms with van der Waals surface area (Å²) in [6.07, 6.45) is 1.38. The second-order valence-corrected chi connectivity index (χ2v) is 4.48. The fourth-order valence-electron chi connectivity index (χ4n) is 2.07. The van der Waals surface area contributed by atoms with Gasteiger partial charge in [0.1, 0.15) is 17.1 Å². The fourth-order valence-corrected chi connectivity index (χ4v) is 2.07. The van der Waals surface area contributed by atoms with E-state index in [1.54, 1.807) is 24.3 Å². The van der Waals surface area contributed by atoms with Gasteiger partial charge < -0.3 is 5.11 Å². The summed E-state index contributed by atoms with van der Waals surface area (Å²) in [6, 6.07) is 10.6. The summed E-state index contributed by atoms with van der Waals surface area (Å²) in [4.78, 5) is 16.4. The molecule has 0 saturated heterocycles. The molecule has 0 bridgehead atoms. The number of hydrogen-bond donors (Lipinski definition) is 1. The highest BCUT2D eigenvalue weighted by Crippen LogP contribution is 2.18. The van der Waals surface area contributed by atoms with Crippen molar-refractivity contribution in [2.24, 2.45) is 0 Å². The first-order valence-electron chi connectivity index (χ1n) is 6.07. The Hall–Kier alpha value is -2.69. The van der Waals surface area contributed by atoms with Crippen LogP contribution in [0.5, 0.6) is 5.75 Å². The molecule has 0 atom stereocenters. The van der Waals surface area contributed by atoms with Gasteiger partial charge in [-0.25, -0.2) is 9.37 Å². The molecule has 3 aromatic rings. The van der Waals surface area contributed by atoms with Gasteiger partial charge >= 0.3 is 0 Å². The van der Waals surface area contributed by atoms with E-state index in [1.165, 1.54) is 29.1 Å². The monoisotopic (exact) mass is 270 g/mol. The summed E-state index contributed by atoms with van der Waals surface area (Å²) in [6.45, 7) is 0.303. The highest BCUT2D eigenvalue weighted by Gasteiger charge is 2.07. The van der Waals surface area contributed by atoms with Crippen molar-refractivity contribution >= 4 is 10.9 Å². The predicted molar refractivity (Wildman–Crippen MR) is 73.2 cm³/mol. The Morgan fingerprint density at radius 1 is 1.15 bits per heavy atom. The molecule has 0 aliphatic carbocycles. The molecule has 0 amide bonds. The number of phenolic OH excluding ortho intramolecular Hbond substituents is 1. The molecule has 4 nitrogen and oxygen atoms in total. The van der Waals surface area contributed by atoms with Crippen LogP contribution in [-0.2, 0) is 6.54 Å². The van der Waals surface area contributed by atoms with Crippen molar-refractivity contribution in [3.05, 3.63) is 70.5 Å². The second-order valence-electron chi connectivity index (χ2n) is 4.48. The zero-order valence-electron chi connectivity index (χ0n) is 10.5. The smallest absolute Gasteiger partial charge is 0.261 e. The van der Waals surface area contributed by atoms with Crippen LogP contribution in [0, 0.1) is 5.82 Å². The van der Waals surface area contributed by atoms with Crippen LogP contribution >= 0.6 is 0 Å². The molecule has 3 rings (SSSR count). The number of para-hydroxylation sites is 1. The van der Waals surface area contributed by atoms with Crippen molar-refractivity contribution in [3.63, 3.8) is 0 Å². The van der Waals surface area contributed by atoms with Gasteiger partial charge in [-0.1, -0.05) is 18.2 Å². The fraction of sp³-hybridized carbons (Fsp3) is 0.0667. The second kappa shape index (κ2) is 4.77. The zero-order valence-corrected chi connectivity index (χ0v) is 10.5. The predicted octanol–water partition coefficient (Wildman–Crippen LogP) is 2.29. The van der Waals surface area contributed by atoms with Gasteiger partial charge in [-0.3, -0.25) is 9.36 Å². The first-order chi connectivity index (χ1) is 9.65. The topological polar surface area (TPSA) is 55.1 Å². The van der Waals surface area contributed by atoms with Crippen LogP contribution in [0.25, 0.3) is 10.9 Å². The Labute approximate surface area is 113 Å². The molecule has 1 N–H and O–H groups in total. The maximum absolute atomic E-state index is 12.8. The van der Waals surface area contributed by atoms with Crippen LogP contribution in [-0.4, -0.2) is 14.7 Å². The maximum atomic E-state index is 12.8.